The van der Waals surface area contributed by atoms with Gasteiger partial charge in [0.15, 0.2) is 4.34 Å². The van der Waals surface area contributed by atoms with Crippen molar-refractivity contribution in [3.05, 3.63) is 5.01 Å². The van der Waals surface area contributed by atoms with Gasteiger partial charge in [0.25, 0.3) is 0 Å². The Hall–Kier alpha value is -0.660. The van der Waals surface area contributed by atoms with Gasteiger partial charge < -0.3 is 10.1 Å². The zero-order chi connectivity index (χ0) is 12.8. The maximum absolute atomic E-state index is 11.5. The molecule has 0 aromatic carbocycles. The predicted molar refractivity (Wildman–Crippen MR) is 69.4 cm³/mol. The van der Waals surface area contributed by atoms with E-state index in [4.69, 9.17) is 4.74 Å². The fourth-order valence-electron chi connectivity index (χ4n) is 1.22. The Bertz CT molecular complexity index is 368. The van der Waals surface area contributed by atoms with Crippen molar-refractivity contribution in [2.45, 2.75) is 37.2 Å². The minimum absolute atomic E-state index is 0.232. The molecule has 1 aromatic rings. The van der Waals surface area contributed by atoms with Crippen LogP contribution in [0.3, 0.4) is 0 Å². The number of ether oxygens (including phenoxy) is 1. The second-order valence-corrected chi connectivity index (χ2v) is 6.24. The topological polar surface area (TPSA) is 64.1 Å². The summed E-state index contributed by atoms with van der Waals surface area (Å²) in [6.07, 6.45) is 0. The molecule has 0 aliphatic carbocycles. The highest BCUT2D eigenvalue weighted by molar-refractivity contribution is 8.01. The number of aromatic nitrogens is 2. The molecule has 0 fully saturated rings. The van der Waals surface area contributed by atoms with Gasteiger partial charge in [0.2, 0.25) is 0 Å². The van der Waals surface area contributed by atoms with E-state index < -0.39 is 0 Å². The van der Waals surface area contributed by atoms with Crippen molar-refractivity contribution in [1.29, 1.82) is 0 Å². The van der Waals surface area contributed by atoms with Gasteiger partial charge in [-0.1, -0.05) is 36.9 Å². The number of aryl methyl sites for hydroxylation is 1. The Balaban J connectivity index is 2.51. The summed E-state index contributed by atoms with van der Waals surface area (Å²) >= 11 is 3.05. The predicted octanol–water partition coefficient (Wildman–Crippen LogP) is 1.48. The third-order valence-corrected chi connectivity index (χ3v) is 3.97. The Labute approximate surface area is 109 Å². The number of hydrogen-bond acceptors (Lipinski definition) is 7. The first kappa shape index (κ1) is 14.4. The van der Waals surface area contributed by atoms with E-state index in [-0.39, 0.29) is 18.1 Å². The molecule has 0 saturated carbocycles. The molecule has 5 nitrogen and oxygen atoms in total. The van der Waals surface area contributed by atoms with Gasteiger partial charge in [0.1, 0.15) is 11.0 Å². The largest absolute Gasteiger partial charge is 0.468 e. The highest BCUT2D eigenvalue weighted by atomic mass is 32.2. The lowest BCUT2D eigenvalue weighted by molar-refractivity contribution is -0.142. The number of carbonyl (C=O) groups excluding carboxylic acids is 1. The van der Waals surface area contributed by atoms with Crippen LogP contribution in [0.4, 0.5) is 0 Å². The molecule has 1 N–H and O–H groups in total. The molecule has 0 bridgehead atoms. The molecule has 7 heteroatoms. The quantitative estimate of drug-likeness (QED) is 0.626. The van der Waals surface area contributed by atoms with Crippen LogP contribution in [0.15, 0.2) is 4.34 Å². The zero-order valence-electron chi connectivity index (χ0n) is 10.4. The van der Waals surface area contributed by atoms with E-state index in [1.54, 1.807) is 0 Å². The van der Waals surface area contributed by atoms with Crippen LogP contribution in [0, 0.1) is 6.92 Å². The summed E-state index contributed by atoms with van der Waals surface area (Å²) in [5.41, 5.74) is 0. The SMILES string of the molecule is COC(=O)C(CSc1nnc(C)s1)NC(C)C. The van der Waals surface area contributed by atoms with Gasteiger partial charge in [0, 0.05) is 11.8 Å². The van der Waals surface area contributed by atoms with Gasteiger partial charge in [-0.3, -0.25) is 4.79 Å². The molecule has 1 rings (SSSR count). The Morgan fingerprint density at radius 1 is 1.53 bits per heavy atom. The number of thioether (sulfide) groups is 1. The highest BCUT2D eigenvalue weighted by Crippen LogP contribution is 2.22. The van der Waals surface area contributed by atoms with Crippen LogP contribution in [0.5, 0.6) is 0 Å². The number of rotatable bonds is 6. The number of nitrogens with one attached hydrogen (secondary N) is 1. The minimum atomic E-state index is -0.311. The molecule has 1 atom stereocenters. The van der Waals surface area contributed by atoms with E-state index in [9.17, 15) is 4.79 Å². The molecular formula is C10H17N3O2S2. The molecule has 0 aliphatic rings. The van der Waals surface area contributed by atoms with Crippen molar-refractivity contribution in [2.24, 2.45) is 0 Å². The van der Waals surface area contributed by atoms with Gasteiger partial charge in [-0.05, 0) is 6.92 Å². The summed E-state index contributed by atoms with van der Waals surface area (Å²) in [5.74, 6) is 0.354. The van der Waals surface area contributed by atoms with Gasteiger partial charge >= 0.3 is 5.97 Å². The van der Waals surface area contributed by atoms with E-state index in [1.165, 1.54) is 30.2 Å². The minimum Gasteiger partial charge on any atom is -0.468 e. The molecule has 17 heavy (non-hydrogen) atoms. The van der Waals surface area contributed by atoms with Gasteiger partial charge in [-0.15, -0.1) is 10.2 Å². The van der Waals surface area contributed by atoms with Crippen LogP contribution >= 0.6 is 23.1 Å². The summed E-state index contributed by atoms with van der Waals surface area (Å²) in [7, 11) is 1.40. The maximum Gasteiger partial charge on any atom is 0.323 e. The lowest BCUT2D eigenvalue weighted by atomic mass is 10.3. The lowest BCUT2D eigenvalue weighted by Crippen LogP contribution is -2.43. The van der Waals surface area contributed by atoms with Crippen molar-refractivity contribution < 1.29 is 9.53 Å². The van der Waals surface area contributed by atoms with Crippen LogP contribution in [0.25, 0.3) is 0 Å². The average molecular weight is 275 g/mol. The lowest BCUT2D eigenvalue weighted by Gasteiger charge is -2.17. The highest BCUT2D eigenvalue weighted by Gasteiger charge is 2.20. The van der Waals surface area contributed by atoms with Crippen LogP contribution in [0.1, 0.15) is 18.9 Å². The van der Waals surface area contributed by atoms with Crippen LogP contribution in [-0.4, -0.2) is 41.1 Å². The molecular weight excluding hydrogens is 258 g/mol. The summed E-state index contributed by atoms with van der Waals surface area (Å²) < 4.78 is 5.64. The molecule has 0 radical (unpaired) electrons. The number of esters is 1. The Morgan fingerprint density at radius 3 is 2.71 bits per heavy atom. The standard InChI is InChI=1S/C10H17N3O2S2/c1-6(2)11-8(9(14)15-4)5-16-10-13-12-7(3)17-10/h6,8,11H,5H2,1-4H3. The van der Waals surface area contributed by atoms with E-state index in [1.807, 2.05) is 20.8 Å². The van der Waals surface area contributed by atoms with Crippen LogP contribution in [0.2, 0.25) is 0 Å². The second kappa shape index (κ2) is 6.93. The normalized spacial score (nSPS) is 12.8. The molecule has 0 aliphatic heterocycles. The molecule has 1 heterocycles. The first-order valence-corrected chi connectivity index (χ1v) is 7.10. The fourth-order valence-corrected chi connectivity index (χ4v) is 3.08. The van der Waals surface area contributed by atoms with Crippen molar-refractivity contribution in [1.82, 2.24) is 15.5 Å². The first-order chi connectivity index (χ1) is 8.02. The Morgan fingerprint density at radius 2 is 2.24 bits per heavy atom. The molecule has 0 spiro atoms. The van der Waals surface area contributed by atoms with Crippen LogP contribution < -0.4 is 5.32 Å². The third kappa shape index (κ3) is 5.01. The van der Waals surface area contributed by atoms with Crippen molar-refractivity contribution in [3.8, 4) is 0 Å². The van der Waals surface area contributed by atoms with E-state index >= 15 is 0 Å². The molecule has 96 valence electrons. The average Bonchev–Trinajstić information content (AvgIpc) is 2.68. The first-order valence-electron chi connectivity index (χ1n) is 5.29. The zero-order valence-corrected chi connectivity index (χ0v) is 12.0. The third-order valence-electron chi connectivity index (χ3n) is 1.90. The number of methoxy groups -OCH3 is 1. The monoisotopic (exact) mass is 275 g/mol. The van der Waals surface area contributed by atoms with E-state index in [0.29, 0.717) is 5.75 Å². The number of hydrogen-bond donors (Lipinski definition) is 1. The molecule has 1 aromatic heterocycles. The van der Waals surface area contributed by atoms with E-state index in [2.05, 4.69) is 15.5 Å². The summed E-state index contributed by atoms with van der Waals surface area (Å²) in [6, 6.07) is -0.0786. The molecule has 0 amide bonds. The van der Waals surface area contributed by atoms with Crippen LogP contribution in [-0.2, 0) is 9.53 Å². The summed E-state index contributed by atoms with van der Waals surface area (Å²) in [6.45, 7) is 5.90. The van der Waals surface area contributed by atoms with Gasteiger partial charge in [-0.2, -0.15) is 0 Å². The summed E-state index contributed by atoms with van der Waals surface area (Å²) in [4.78, 5) is 11.5. The van der Waals surface area contributed by atoms with Crippen molar-refractivity contribution in [2.75, 3.05) is 12.9 Å². The smallest absolute Gasteiger partial charge is 0.323 e. The van der Waals surface area contributed by atoms with Gasteiger partial charge in [-0.25, -0.2) is 0 Å². The van der Waals surface area contributed by atoms with E-state index in [0.717, 1.165) is 9.35 Å². The number of carbonyl (C=O) groups is 1. The molecule has 0 saturated heterocycles. The molecule has 1 unspecified atom stereocenters. The maximum atomic E-state index is 11.5. The number of nitrogens with zero attached hydrogens (tertiary/aromatic N) is 2. The van der Waals surface area contributed by atoms with Gasteiger partial charge in [0.05, 0.1) is 7.11 Å². The van der Waals surface area contributed by atoms with Crippen molar-refractivity contribution in [3.63, 3.8) is 0 Å². The summed E-state index contributed by atoms with van der Waals surface area (Å²) in [5, 5.41) is 12.0. The second-order valence-electron chi connectivity index (χ2n) is 3.80. The fraction of sp³-hybridized carbons (Fsp3) is 0.700. The Kier molecular flexibility index (Phi) is 5.87. The van der Waals surface area contributed by atoms with Crippen molar-refractivity contribution >= 4 is 29.1 Å².